The second-order valence-electron chi connectivity index (χ2n) is 5.88. The van der Waals surface area contributed by atoms with Gasteiger partial charge in [-0.25, -0.2) is 4.98 Å². The molecule has 1 aromatic heterocycles. The Labute approximate surface area is 117 Å². The van der Waals surface area contributed by atoms with E-state index < -0.39 is 0 Å². The maximum atomic E-state index is 5.75. The smallest absolute Gasteiger partial charge is 0.213 e. The van der Waals surface area contributed by atoms with E-state index in [0.29, 0.717) is 6.04 Å². The largest absolute Gasteiger partial charge is 0.478 e. The summed E-state index contributed by atoms with van der Waals surface area (Å²) in [6, 6.07) is 4.64. The van der Waals surface area contributed by atoms with Crippen LogP contribution in [0.3, 0.4) is 0 Å². The molecule has 19 heavy (non-hydrogen) atoms. The van der Waals surface area contributed by atoms with Crippen LogP contribution in [0.5, 0.6) is 5.88 Å². The van der Waals surface area contributed by atoms with Gasteiger partial charge in [-0.3, -0.25) is 0 Å². The van der Waals surface area contributed by atoms with E-state index >= 15 is 0 Å². The standard InChI is InChI=1S/C16H28N2O/c1-12(2)7-6-8-19-16-10-15(9-14(5)18-16)11-17-13(3)4/h9-10,12-13,17H,6-8,11H2,1-5H3. The van der Waals surface area contributed by atoms with Gasteiger partial charge in [0.15, 0.2) is 0 Å². The van der Waals surface area contributed by atoms with Crippen molar-refractivity contribution in [1.82, 2.24) is 10.3 Å². The van der Waals surface area contributed by atoms with Crippen LogP contribution in [-0.2, 0) is 6.54 Å². The molecule has 0 saturated carbocycles. The number of hydrogen-bond donors (Lipinski definition) is 1. The van der Waals surface area contributed by atoms with Crippen LogP contribution >= 0.6 is 0 Å². The third kappa shape index (κ3) is 7.16. The number of nitrogens with zero attached hydrogens (tertiary/aromatic N) is 1. The lowest BCUT2D eigenvalue weighted by atomic mass is 10.1. The van der Waals surface area contributed by atoms with E-state index in [1.165, 1.54) is 12.0 Å². The predicted molar refractivity (Wildman–Crippen MR) is 80.5 cm³/mol. The number of aromatic nitrogens is 1. The van der Waals surface area contributed by atoms with Crippen molar-refractivity contribution >= 4 is 0 Å². The molecule has 1 heterocycles. The average molecular weight is 264 g/mol. The fraction of sp³-hybridized carbons (Fsp3) is 0.688. The SMILES string of the molecule is Cc1cc(CNC(C)C)cc(OCCCC(C)C)n1. The van der Waals surface area contributed by atoms with Crippen molar-refractivity contribution in [2.45, 2.75) is 60.0 Å². The van der Waals surface area contributed by atoms with E-state index in [4.69, 9.17) is 4.74 Å². The predicted octanol–water partition coefficient (Wildman–Crippen LogP) is 3.70. The summed E-state index contributed by atoms with van der Waals surface area (Å²) in [6.07, 6.45) is 2.29. The second kappa shape index (κ2) is 8.16. The van der Waals surface area contributed by atoms with Gasteiger partial charge in [-0.2, -0.15) is 0 Å². The van der Waals surface area contributed by atoms with Crippen LogP contribution in [0.4, 0.5) is 0 Å². The van der Waals surface area contributed by atoms with Crippen molar-refractivity contribution in [2.75, 3.05) is 6.61 Å². The first-order valence-electron chi connectivity index (χ1n) is 7.31. The van der Waals surface area contributed by atoms with Gasteiger partial charge < -0.3 is 10.1 Å². The number of aryl methyl sites for hydroxylation is 1. The molecule has 3 heteroatoms. The molecule has 0 fully saturated rings. The monoisotopic (exact) mass is 264 g/mol. The highest BCUT2D eigenvalue weighted by Gasteiger charge is 2.03. The van der Waals surface area contributed by atoms with Crippen LogP contribution in [0.15, 0.2) is 12.1 Å². The molecule has 0 aromatic carbocycles. The average Bonchev–Trinajstić information content (AvgIpc) is 2.31. The quantitative estimate of drug-likeness (QED) is 0.727. The third-order valence-electron chi connectivity index (χ3n) is 2.88. The molecule has 1 N–H and O–H groups in total. The first kappa shape index (κ1) is 16.0. The van der Waals surface area contributed by atoms with E-state index in [1.807, 2.05) is 13.0 Å². The Balaban J connectivity index is 2.48. The minimum Gasteiger partial charge on any atom is -0.478 e. The molecule has 0 amide bonds. The normalized spacial score (nSPS) is 11.3. The number of pyridine rings is 1. The maximum absolute atomic E-state index is 5.75. The summed E-state index contributed by atoms with van der Waals surface area (Å²) >= 11 is 0. The maximum Gasteiger partial charge on any atom is 0.213 e. The molecule has 0 radical (unpaired) electrons. The first-order valence-corrected chi connectivity index (χ1v) is 7.31. The zero-order valence-corrected chi connectivity index (χ0v) is 13.0. The van der Waals surface area contributed by atoms with Crippen LogP contribution in [0.1, 0.15) is 51.8 Å². The van der Waals surface area contributed by atoms with Gasteiger partial charge in [0.25, 0.3) is 0 Å². The van der Waals surface area contributed by atoms with Crippen molar-refractivity contribution in [3.8, 4) is 5.88 Å². The van der Waals surface area contributed by atoms with Gasteiger partial charge in [-0.05, 0) is 37.3 Å². The molecular weight excluding hydrogens is 236 g/mol. The van der Waals surface area contributed by atoms with Gasteiger partial charge in [-0.1, -0.05) is 27.7 Å². The molecule has 3 nitrogen and oxygen atoms in total. The molecule has 0 bridgehead atoms. The topological polar surface area (TPSA) is 34.1 Å². The molecule has 0 aliphatic rings. The Morgan fingerprint density at radius 1 is 1.21 bits per heavy atom. The zero-order chi connectivity index (χ0) is 14.3. The van der Waals surface area contributed by atoms with Gasteiger partial charge in [0, 0.05) is 24.3 Å². The highest BCUT2D eigenvalue weighted by molar-refractivity contribution is 5.24. The first-order chi connectivity index (χ1) is 8.97. The third-order valence-corrected chi connectivity index (χ3v) is 2.88. The van der Waals surface area contributed by atoms with Gasteiger partial charge in [-0.15, -0.1) is 0 Å². The van der Waals surface area contributed by atoms with Gasteiger partial charge >= 0.3 is 0 Å². The van der Waals surface area contributed by atoms with Crippen molar-refractivity contribution < 1.29 is 4.74 Å². The fourth-order valence-corrected chi connectivity index (χ4v) is 1.87. The minimum atomic E-state index is 0.490. The molecule has 108 valence electrons. The minimum absolute atomic E-state index is 0.490. The lowest BCUT2D eigenvalue weighted by molar-refractivity contribution is 0.286. The van der Waals surface area contributed by atoms with Gasteiger partial charge in [0.05, 0.1) is 6.61 Å². The lowest BCUT2D eigenvalue weighted by Gasteiger charge is -2.11. The van der Waals surface area contributed by atoms with Crippen LogP contribution in [-0.4, -0.2) is 17.6 Å². The Hall–Kier alpha value is -1.09. The molecule has 0 saturated heterocycles. The summed E-state index contributed by atoms with van der Waals surface area (Å²) < 4.78 is 5.75. The van der Waals surface area contributed by atoms with Crippen molar-refractivity contribution in [2.24, 2.45) is 5.92 Å². The summed E-state index contributed by atoms with van der Waals surface area (Å²) in [7, 11) is 0. The summed E-state index contributed by atoms with van der Waals surface area (Å²) in [5.41, 5.74) is 2.25. The number of nitrogens with one attached hydrogen (secondary N) is 1. The van der Waals surface area contributed by atoms with Crippen LogP contribution in [0.25, 0.3) is 0 Å². The van der Waals surface area contributed by atoms with Crippen LogP contribution in [0.2, 0.25) is 0 Å². The highest BCUT2D eigenvalue weighted by Crippen LogP contribution is 2.13. The van der Waals surface area contributed by atoms with E-state index in [2.05, 4.69) is 44.1 Å². The molecule has 0 atom stereocenters. The Kier molecular flexibility index (Phi) is 6.85. The molecule has 0 aliphatic carbocycles. The summed E-state index contributed by atoms with van der Waals surface area (Å²) in [4.78, 5) is 4.43. The number of ether oxygens (including phenoxy) is 1. The van der Waals surface area contributed by atoms with Crippen LogP contribution in [0, 0.1) is 12.8 Å². The Morgan fingerprint density at radius 2 is 1.95 bits per heavy atom. The fourth-order valence-electron chi connectivity index (χ4n) is 1.87. The molecule has 0 unspecified atom stereocenters. The Morgan fingerprint density at radius 3 is 2.58 bits per heavy atom. The molecule has 1 aromatic rings. The van der Waals surface area contributed by atoms with Gasteiger partial charge in [0.2, 0.25) is 5.88 Å². The summed E-state index contributed by atoms with van der Waals surface area (Å²) in [5.74, 6) is 1.49. The Bertz CT molecular complexity index is 375. The molecule has 0 aliphatic heterocycles. The van der Waals surface area contributed by atoms with E-state index in [0.717, 1.165) is 37.1 Å². The van der Waals surface area contributed by atoms with E-state index in [1.54, 1.807) is 0 Å². The van der Waals surface area contributed by atoms with E-state index in [9.17, 15) is 0 Å². The summed E-state index contributed by atoms with van der Waals surface area (Å²) in [6.45, 7) is 12.4. The second-order valence-corrected chi connectivity index (χ2v) is 5.88. The van der Waals surface area contributed by atoms with Crippen molar-refractivity contribution in [3.05, 3.63) is 23.4 Å². The van der Waals surface area contributed by atoms with E-state index in [-0.39, 0.29) is 0 Å². The molecule has 1 rings (SSSR count). The lowest BCUT2D eigenvalue weighted by Crippen LogP contribution is -2.22. The number of hydrogen-bond acceptors (Lipinski definition) is 3. The molecule has 0 spiro atoms. The number of rotatable bonds is 8. The van der Waals surface area contributed by atoms with Crippen molar-refractivity contribution in [1.29, 1.82) is 0 Å². The van der Waals surface area contributed by atoms with Crippen molar-refractivity contribution in [3.63, 3.8) is 0 Å². The van der Waals surface area contributed by atoms with Gasteiger partial charge in [0.1, 0.15) is 0 Å². The zero-order valence-electron chi connectivity index (χ0n) is 13.0. The van der Waals surface area contributed by atoms with Crippen LogP contribution < -0.4 is 10.1 Å². The molecular formula is C16H28N2O. The summed E-state index contributed by atoms with van der Waals surface area (Å²) in [5, 5.41) is 3.42. The highest BCUT2D eigenvalue weighted by atomic mass is 16.5.